The highest BCUT2D eigenvalue weighted by molar-refractivity contribution is 7.17. The smallest absolute Gasteiger partial charge is 0.230 e. The number of nitrogens with zero attached hydrogens (tertiary/aromatic N) is 4. The molecule has 0 aliphatic carbocycles. The van der Waals surface area contributed by atoms with Crippen LogP contribution in [0.2, 0.25) is 0 Å². The van der Waals surface area contributed by atoms with Gasteiger partial charge in [0, 0.05) is 0 Å². The van der Waals surface area contributed by atoms with Crippen LogP contribution in [0.3, 0.4) is 0 Å². The number of aromatic hydroxyl groups is 1. The van der Waals surface area contributed by atoms with Crippen molar-refractivity contribution in [2.24, 2.45) is 0 Å². The summed E-state index contributed by atoms with van der Waals surface area (Å²) in [5.74, 6) is 1.68. The zero-order chi connectivity index (χ0) is 18.8. The van der Waals surface area contributed by atoms with Crippen molar-refractivity contribution >= 4 is 16.3 Å². The van der Waals surface area contributed by atoms with E-state index >= 15 is 0 Å². The van der Waals surface area contributed by atoms with Crippen LogP contribution in [-0.2, 0) is 0 Å². The zero-order valence-corrected chi connectivity index (χ0v) is 16.7. The Balaban J connectivity index is 2.04. The van der Waals surface area contributed by atoms with Crippen molar-refractivity contribution in [2.45, 2.75) is 46.8 Å². The highest BCUT2D eigenvalue weighted by Gasteiger charge is 2.28. The Labute approximate surface area is 158 Å². The molecule has 0 aliphatic rings. The fourth-order valence-electron chi connectivity index (χ4n) is 3.14. The molecule has 0 spiro atoms. The van der Waals surface area contributed by atoms with Crippen LogP contribution in [0, 0.1) is 6.92 Å². The first-order chi connectivity index (χ1) is 12.4. The molecule has 1 aromatic carbocycles. The maximum Gasteiger partial charge on any atom is 0.230 e. The summed E-state index contributed by atoms with van der Waals surface area (Å²) in [5.41, 5.74) is 1.11. The Morgan fingerprint density at radius 1 is 1.19 bits per heavy atom. The van der Waals surface area contributed by atoms with E-state index in [1.165, 1.54) is 15.9 Å². The third-order valence-electron chi connectivity index (χ3n) is 4.30. The maximum absolute atomic E-state index is 10.8. The summed E-state index contributed by atoms with van der Waals surface area (Å²) in [7, 11) is 0. The number of aromatic nitrogens is 3. The Kier molecular flexibility index (Phi) is 5.48. The minimum Gasteiger partial charge on any atom is -0.492 e. The molecule has 0 radical (unpaired) electrons. The van der Waals surface area contributed by atoms with E-state index in [0.717, 1.165) is 29.3 Å². The van der Waals surface area contributed by atoms with Crippen LogP contribution in [-0.4, -0.2) is 43.8 Å². The third-order valence-corrected chi connectivity index (χ3v) is 5.37. The fourth-order valence-corrected chi connectivity index (χ4v) is 4.31. The summed E-state index contributed by atoms with van der Waals surface area (Å²) >= 11 is 1.49. The Morgan fingerprint density at radius 3 is 2.38 bits per heavy atom. The van der Waals surface area contributed by atoms with Gasteiger partial charge in [-0.1, -0.05) is 37.3 Å². The predicted octanol–water partition coefficient (Wildman–Crippen LogP) is 4.02. The van der Waals surface area contributed by atoms with Crippen LogP contribution in [0.25, 0.3) is 4.96 Å². The molecule has 1 unspecified atom stereocenters. The molecule has 2 heterocycles. The van der Waals surface area contributed by atoms with Gasteiger partial charge in [0.2, 0.25) is 10.8 Å². The predicted molar refractivity (Wildman–Crippen MR) is 104 cm³/mol. The van der Waals surface area contributed by atoms with Gasteiger partial charge in [0.15, 0.2) is 0 Å². The fraction of sp³-hybridized carbons (Fsp3) is 0.474. The molecule has 6 nitrogen and oxygen atoms in total. The van der Waals surface area contributed by atoms with Crippen molar-refractivity contribution < 1.29 is 9.84 Å². The number of fused-ring (bicyclic) bond motifs is 1. The minimum atomic E-state index is -0.0492. The molecule has 0 saturated carbocycles. The maximum atomic E-state index is 10.8. The van der Waals surface area contributed by atoms with Crippen LogP contribution in [0.1, 0.15) is 50.0 Å². The first-order valence-corrected chi connectivity index (χ1v) is 9.81. The second-order valence-electron chi connectivity index (χ2n) is 6.50. The summed E-state index contributed by atoms with van der Waals surface area (Å²) in [6, 6.07) is 8.07. The summed E-state index contributed by atoms with van der Waals surface area (Å²) in [6.45, 7) is 11.9. The molecule has 0 amide bonds. The number of aryl methyl sites for hydroxylation is 1. The van der Waals surface area contributed by atoms with E-state index in [0.29, 0.717) is 10.8 Å². The van der Waals surface area contributed by atoms with E-state index in [1.807, 2.05) is 32.9 Å². The van der Waals surface area contributed by atoms with Gasteiger partial charge in [-0.15, -0.1) is 5.10 Å². The van der Waals surface area contributed by atoms with E-state index < -0.39 is 0 Å². The van der Waals surface area contributed by atoms with Crippen LogP contribution in [0.5, 0.6) is 11.6 Å². The lowest BCUT2D eigenvalue weighted by molar-refractivity contribution is 0.240. The van der Waals surface area contributed by atoms with Crippen molar-refractivity contribution in [3.05, 3.63) is 40.5 Å². The highest BCUT2D eigenvalue weighted by Crippen LogP contribution is 2.40. The third kappa shape index (κ3) is 3.54. The Bertz CT molecular complexity index is 866. The van der Waals surface area contributed by atoms with Crippen LogP contribution in [0.15, 0.2) is 24.3 Å². The minimum absolute atomic E-state index is 0.0492. The Morgan fingerprint density at radius 2 is 1.85 bits per heavy atom. The number of ether oxygens (including phenoxy) is 1. The van der Waals surface area contributed by atoms with Crippen molar-refractivity contribution in [1.29, 1.82) is 0 Å². The summed E-state index contributed by atoms with van der Waals surface area (Å²) in [6.07, 6.45) is 0.142. The van der Waals surface area contributed by atoms with E-state index in [9.17, 15) is 5.11 Å². The van der Waals surface area contributed by atoms with Crippen molar-refractivity contribution in [3.8, 4) is 11.6 Å². The number of hydrogen-bond acceptors (Lipinski definition) is 6. The van der Waals surface area contributed by atoms with Gasteiger partial charge in [-0.05, 0) is 51.6 Å². The van der Waals surface area contributed by atoms with Gasteiger partial charge in [-0.2, -0.15) is 4.52 Å². The highest BCUT2D eigenvalue weighted by atomic mass is 32.1. The Hall–Kier alpha value is -2.12. The average Bonchev–Trinajstić information content (AvgIpc) is 3.11. The van der Waals surface area contributed by atoms with E-state index in [4.69, 9.17) is 4.74 Å². The molecule has 140 valence electrons. The van der Waals surface area contributed by atoms with Crippen molar-refractivity contribution in [2.75, 3.05) is 13.1 Å². The van der Waals surface area contributed by atoms with Crippen LogP contribution < -0.4 is 4.74 Å². The van der Waals surface area contributed by atoms with Crippen LogP contribution in [0.4, 0.5) is 0 Å². The van der Waals surface area contributed by atoms with Gasteiger partial charge in [0.1, 0.15) is 11.6 Å². The lowest BCUT2D eigenvalue weighted by Crippen LogP contribution is -2.28. The van der Waals surface area contributed by atoms with E-state index in [-0.39, 0.29) is 18.0 Å². The SMILES string of the molecule is CCN(CC)C(c1ccc(OC(C)C)cc1)c1sc2nc(C)nn2c1O. The molecule has 3 rings (SSSR count). The van der Waals surface area contributed by atoms with E-state index in [2.05, 4.69) is 41.0 Å². The van der Waals surface area contributed by atoms with Crippen molar-refractivity contribution in [1.82, 2.24) is 19.5 Å². The van der Waals surface area contributed by atoms with Crippen molar-refractivity contribution in [3.63, 3.8) is 0 Å². The largest absolute Gasteiger partial charge is 0.492 e. The second kappa shape index (κ2) is 7.63. The molecule has 0 fully saturated rings. The van der Waals surface area contributed by atoms with Gasteiger partial charge in [-0.25, -0.2) is 4.98 Å². The molecule has 26 heavy (non-hydrogen) atoms. The number of thiazole rings is 1. The molecule has 1 atom stereocenters. The van der Waals surface area contributed by atoms with Gasteiger partial charge in [0.25, 0.3) is 0 Å². The summed E-state index contributed by atoms with van der Waals surface area (Å²) in [5, 5.41) is 15.1. The molecule has 0 aliphatic heterocycles. The van der Waals surface area contributed by atoms with Gasteiger partial charge in [-0.3, -0.25) is 4.90 Å². The lowest BCUT2D eigenvalue weighted by atomic mass is 10.0. The zero-order valence-electron chi connectivity index (χ0n) is 15.9. The summed E-state index contributed by atoms with van der Waals surface area (Å²) in [4.78, 5) is 8.29. The van der Waals surface area contributed by atoms with Gasteiger partial charge >= 0.3 is 0 Å². The standard InChI is InChI=1S/C19H26N4O2S/c1-6-22(7-2)16(14-8-10-15(11-9-14)25-12(3)4)17-18(24)23-19(26-17)20-13(5)21-23/h8-12,16,24H,6-7H2,1-5H3. The topological polar surface area (TPSA) is 62.9 Å². The molecule has 7 heteroatoms. The second-order valence-corrected chi connectivity index (χ2v) is 7.51. The van der Waals surface area contributed by atoms with Gasteiger partial charge < -0.3 is 9.84 Å². The lowest BCUT2D eigenvalue weighted by Gasteiger charge is -2.29. The monoisotopic (exact) mass is 374 g/mol. The molecular weight excluding hydrogens is 348 g/mol. The summed E-state index contributed by atoms with van der Waals surface area (Å²) < 4.78 is 7.29. The quantitative estimate of drug-likeness (QED) is 0.677. The number of hydrogen-bond donors (Lipinski definition) is 1. The molecule has 0 bridgehead atoms. The molecule has 0 saturated heterocycles. The molecule has 3 aromatic rings. The normalized spacial score (nSPS) is 13.0. The number of rotatable bonds is 7. The first kappa shape index (κ1) is 18.7. The molecule has 1 N–H and O–H groups in total. The van der Waals surface area contributed by atoms with E-state index in [1.54, 1.807) is 0 Å². The van der Waals surface area contributed by atoms with Crippen LogP contribution >= 0.6 is 11.3 Å². The van der Waals surface area contributed by atoms with Gasteiger partial charge in [0.05, 0.1) is 17.0 Å². The first-order valence-electron chi connectivity index (χ1n) is 9.00. The molecular formula is C19H26N4O2S. The molecule has 2 aromatic heterocycles. The number of benzene rings is 1. The average molecular weight is 375 g/mol.